The Morgan fingerprint density at radius 3 is 1.91 bits per heavy atom. The molecule has 0 aromatic heterocycles. The predicted molar refractivity (Wildman–Crippen MR) is 86.5 cm³/mol. The van der Waals surface area contributed by atoms with E-state index in [1.807, 2.05) is 20.8 Å². The van der Waals surface area contributed by atoms with E-state index in [9.17, 15) is 14.4 Å². The van der Waals surface area contributed by atoms with Crippen LogP contribution >= 0.6 is 0 Å². The van der Waals surface area contributed by atoms with Gasteiger partial charge < -0.3 is 16.0 Å². The highest BCUT2D eigenvalue weighted by molar-refractivity contribution is 5.92. The molecule has 0 aliphatic heterocycles. The van der Waals surface area contributed by atoms with E-state index in [2.05, 4.69) is 16.0 Å². The van der Waals surface area contributed by atoms with Crippen LogP contribution in [0, 0.1) is 5.41 Å². The van der Waals surface area contributed by atoms with Crippen LogP contribution in [0.1, 0.15) is 34.1 Å². The lowest BCUT2D eigenvalue weighted by molar-refractivity contribution is -0.128. The van der Waals surface area contributed by atoms with Gasteiger partial charge in [-0.05, 0) is 24.3 Å². The largest absolute Gasteiger partial charge is 0.355 e. The second kappa shape index (κ2) is 7.59. The van der Waals surface area contributed by atoms with Crippen molar-refractivity contribution >= 4 is 29.1 Å². The van der Waals surface area contributed by atoms with Gasteiger partial charge in [0.1, 0.15) is 0 Å². The smallest absolute Gasteiger partial charge is 0.226 e. The highest BCUT2D eigenvalue weighted by atomic mass is 16.2. The quantitative estimate of drug-likeness (QED) is 0.779. The average Bonchev–Trinajstić information content (AvgIpc) is 2.39. The topological polar surface area (TPSA) is 87.3 Å². The third-order valence-corrected chi connectivity index (χ3v) is 2.81. The molecule has 0 bridgehead atoms. The molecule has 0 atom stereocenters. The van der Waals surface area contributed by atoms with E-state index in [-0.39, 0.29) is 24.1 Å². The fourth-order valence-electron chi connectivity index (χ4n) is 1.62. The molecule has 0 radical (unpaired) electrons. The zero-order chi connectivity index (χ0) is 16.8. The summed E-state index contributed by atoms with van der Waals surface area (Å²) in [7, 11) is 0. The van der Waals surface area contributed by atoms with Crippen molar-refractivity contribution in [1.29, 1.82) is 0 Å². The molecule has 0 saturated heterocycles. The standard InChI is InChI=1S/C16H23N3O3/c1-11(20)18-12-5-7-13(8-6-12)19-14(21)9-10-17-15(22)16(2,3)4/h5-8H,9-10H2,1-4H3,(H,17,22)(H,18,20)(H,19,21). The van der Waals surface area contributed by atoms with Gasteiger partial charge in [-0.3, -0.25) is 14.4 Å². The summed E-state index contributed by atoms with van der Waals surface area (Å²) in [5.41, 5.74) is 0.847. The Morgan fingerprint density at radius 2 is 1.45 bits per heavy atom. The highest BCUT2D eigenvalue weighted by Crippen LogP contribution is 2.14. The number of carbonyl (C=O) groups is 3. The van der Waals surface area contributed by atoms with E-state index in [4.69, 9.17) is 0 Å². The number of hydrogen-bond acceptors (Lipinski definition) is 3. The number of nitrogens with one attached hydrogen (secondary N) is 3. The molecule has 0 spiro atoms. The van der Waals surface area contributed by atoms with Crippen LogP contribution in [0.2, 0.25) is 0 Å². The first-order valence-electron chi connectivity index (χ1n) is 7.14. The van der Waals surface area contributed by atoms with Crippen molar-refractivity contribution in [3.05, 3.63) is 24.3 Å². The summed E-state index contributed by atoms with van der Waals surface area (Å²) in [5.74, 6) is -0.409. The number of anilines is 2. The minimum atomic E-state index is -0.462. The van der Waals surface area contributed by atoms with Gasteiger partial charge in [0.05, 0.1) is 0 Å². The summed E-state index contributed by atoms with van der Waals surface area (Å²) in [6.45, 7) is 7.19. The fraction of sp³-hybridized carbons (Fsp3) is 0.438. The lowest BCUT2D eigenvalue weighted by Gasteiger charge is -2.17. The summed E-state index contributed by atoms with van der Waals surface area (Å²) in [5, 5.41) is 8.10. The third kappa shape index (κ3) is 6.39. The predicted octanol–water partition coefficient (Wildman–Crippen LogP) is 2.14. The van der Waals surface area contributed by atoms with Gasteiger partial charge in [0.25, 0.3) is 0 Å². The SMILES string of the molecule is CC(=O)Nc1ccc(NC(=O)CCNC(=O)C(C)(C)C)cc1. The normalized spacial score (nSPS) is 10.7. The summed E-state index contributed by atoms with van der Waals surface area (Å²) < 4.78 is 0. The van der Waals surface area contributed by atoms with Gasteiger partial charge in [0.15, 0.2) is 0 Å². The molecule has 0 aliphatic carbocycles. The van der Waals surface area contributed by atoms with E-state index < -0.39 is 5.41 Å². The highest BCUT2D eigenvalue weighted by Gasteiger charge is 2.20. The molecule has 0 fully saturated rings. The number of hydrogen-bond donors (Lipinski definition) is 3. The molecule has 0 saturated carbocycles. The maximum Gasteiger partial charge on any atom is 0.226 e. The average molecular weight is 305 g/mol. The van der Waals surface area contributed by atoms with Crippen LogP contribution in [0.15, 0.2) is 24.3 Å². The zero-order valence-corrected chi connectivity index (χ0v) is 13.4. The van der Waals surface area contributed by atoms with Crippen LogP contribution in [0.5, 0.6) is 0 Å². The Morgan fingerprint density at radius 1 is 0.955 bits per heavy atom. The number of rotatable bonds is 5. The number of carbonyl (C=O) groups excluding carboxylic acids is 3. The van der Waals surface area contributed by atoms with Gasteiger partial charge in [-0.15, -0.1) is 0 Å². The molecular weight excluding hydrogens is 282 g/mol. The van der Waals surface area contributed by atoms with Crippen molar-refractivity contribution in [1.82, 2.24) is 5.32 Å². The molecule has 0 aliphatic rings. The number of benzene rings is 1. The summed E-state index contributed by atoms with van der Waals surface area (Å²) in [6, 6.07) is 6.82. The summed E-state index contributed by atoms with van der Waals surface area (Å²) >= 11 is 0. The first kappa shape index (κ1) is 17.7. The second-order valence-corrected chi connectivity index (χ2v) is 6.06. The Labute approximate surface area is 130 Å². The van der Waals surface area contributed by atoms with E-state index in [1.165, 1.54) is 6.92 Å². The molecule has 0 heterocycles. The fourth-order valence-corrected chi connectivity index (χ4v) is 1.62. The number of amides is 3. The lowest BCUT2D eigenvalue weighted by atomic mass is 9.96. The van der Waals surface area contributed by atoms with Crippen LogP contribution in [-0.2, 0) is 14.4 Å². The maximum absolute atomic E-state index is 11.8. The molecule has 1 aromatic carbocycles. The van der Waals surface area contributed by atoms with E-state index >= 15 is 0 Å². The minimum Gasteiger partial charge on any atom is -0.355 e. The Hall–Kier alpha value is -2.37. The molecule has 6 nitrogen and oxygen atoms in total. The van der Waals surface area contributed by atoms with Crippen LogP contribution in [-0.4, -0.2) is 24.3 Å². The van der Waals surface area contributed by atoms with E-state index in [0.717, 1.165) is 0 Å². The molecule has 120 valence electrons. The molecule has 3 amide bonds. The van der Waals surface area contributed by atoms with E-state index in [0.29, 0.717) is 17.9 Å². The summed E-state index contributed by atoms with van der Waals surface area (Å²) in [4.78, 5) is 34.3. The van der Waals surface area contributed by atoms with E-state index in [1.54, 1.807) is 24.3 Å². The maximum atomic E-state index is 11.8. The second-order valence-electron chi connectivity index (χ2n) is 6.06. The first-order valence-corrected chi connectivity index (χ1v) is 7.14. The molecule has 0 unspecified atom stereocenters. The van der Waals surface area contributed by atoms with Gasteiger partial charge in [0, 0.05) is 36.7 Å². The molecule has 6 heteroatoms. The molecule has 1 aromatic rings. The van der Waals surface area contributed by atoms with Crippen LogP contribution in [0.25, 0.3) is 0 Å². The Bertz CT molecular complexity index is 545. The van der Waals surface area contributed by atoms with Crippen LogP contribution in [0.3, 0.4) is 0 Å². The van der Waals surface area contributed by atoms with Crippen molar-refractivity contribution in [2.45, 2.75) is 34.1 Å². The molecule has 22 heavy (non-hydrogen) atoms. The van der Waals surface area contributed by atoms with Crippen molar-refractivity contribution in [2.24, 2.45) is 5.41 Å². The Kier molecular flexibility index (Phi) is 6.10. The van der Waals surface area contributed by atoms with Gasteiger partial charge in [0.2, 0.25) is 17.7 Å². The van der Waals surface area contributed by atoms with Crippen molar-refractivity contribution < 1.29 is 14.4 Å². The van der Waals surface area contributed by atoms with Gasteiger partial charge in [-0.2, -0.15) is 0 Å². The van der Waals surface area contributed by atoms with Crippen LogP contribution < -0.4 is 16.0 Å². The third-order valence-electron chi connectivity index (χ3n) is 2.81. The van der Waals surface area contributed by atoms with Gasteiger partial charge in [-0.1, -0.05) is 20.8 Å². The van der Waals surface area contributed by atoms with Crippen molar-refractivity contribution in [3.8, 4) is 0 Å². The lowest BCUT2D eigenvalue weighted by Crippen LogP contribution is -2.36. The zero-order valence-electron chi connectivity index (χ0n) is 13.4. The van der Waals surface area contributed by atoms with Crippen molar-refractivity contribution in [2.75, 3.05) is 17.2 Å². The molecule has 3 N–H and O–H groups in total. The van der Waals surface area contributed by atoms with Gasteiger partial charge >= 0.3 is 0 Å². The minimum absolute atomic E-state index is 0.0834. The Balaban J connectivity index is 2.39. The monoisotopic (exact) mass is 305 g/mol. The molecular formula is C16H23N3O3. The first-order chi connectivity index (χ1) is 10.2. The van der Waals surface area contributed by atoms with Crippen LogP contribution in [0.4, 0.5) is 11.4 Å². The molecule has 1 rings (SSSR count). The van der Waals surface area contributed by atoms with Crippen molar-refractivity contribution in [3.63, 3.8) is 0 Å². The summed E-state index contributed by atoms with van der Waals surface area (Å²) in [6.07, 6.45) is 0.204. The van der Waals surface area contributed by atoms with Gasteiger partial charge in [-0.25, -0.2) is 0 Å².